The Morgan fingerprint density at radius 1 is 0.362 bits per heavy atom. The summed E-state index contributed by atoms with van der Waals surface area (Å²) in [6, 6.07) is 70.4. The molecule has 0 saturated carbocycles. The Morgan fingerprint density at radius 2 is 0.862 bits per heavy atom. The number of hydrogen-bond acceptors (Lipinski definition) is 5. The highest BCUT2D eigenvalue weighted by atomic mass is 16.3. The molecule has 0 saturated heterocycles. The van der Waals surface area contributed by atoms with Crippen LogP contribution in [0.15, 0.2) is 211 Å². The Hall–Kier alpha value is -7.76. The van der Waals surface area contributed by atoms with Crippen LogP contribution in [-0.4, -0.2) is 19.9 Å². The molecule has 5 heteroatoms. The van der Waals surface area contributed by atoms with E-state index in [2.05, 4.69) is 163 Å². The minimum Gasteiger partial charge on any atom is -0.443 e. The maximum Gasteiger partial charge on any atom is 0.181 e. The fraction of sp³-hybridized carbons (Fsp3) is 0.0189. The lowest BCUT2D eigenvalue weighted by molar-refractivity contribution is 0.602. The van der Waals surface area contributed by atoms with Crippen LogP contribution in [0.1, 0.15) is 22.3 Å². The molecular weight excluding hydrogens is 709 g/mol. The van der Waals surface area contributed by atoms with Crippen molar-refractivity contribution >= 4 is 11.1 Å². The van der Waals surface area contributed by atoms with Crippen LogP contribution in [0.5, 0.6) is 0 Å². The van der Waals surface area contributed by atoms with Gasteiger partial charge in [-0.2, -0.15) is 0 Å². The number of aromatic nitrogens is 4. The van der Waals surface area contributed by atoms with Crippen LogP contribution in [0, 0.1) is 0 Å². The maximum absolute atomic E-state index is 5.69. The quantitative estimate of drug-likeness (QED) is 0.163. The first-order chi connectivity index (χ1) is 28.7. The van der Waals surface area contributed by atoms with E-state index in [0.29, 0.717) is 17.5 Å². The molecule has 0 bridgehead atoms. The third kappa shape index (κ3) is 5.47. The van der Waals surface area contributed by atoms with Gasteiger partial charge in [0, 0.05) is 16.7 Å². The fourth-order valence-electron chi connectivity index (χ4n) is 8.73. The normalized spacial score (nSPS) is 14.3. The molecule has 11 rings (SSSR count). The van der Waals surface area contributed by atoms with Crippen molar-refractivity contribution in [1.82, 2.24) is 19.9 Å². The van der Waals surface area contributed by atoms with Crippen LogP contribution in [0.3, 0.4) is 0 Å². The SMILES string of the molecule is c1ccc(-c2ccc(-c3nc(-c4ccccc4)nc(-c4ccc(-c5cccc6c5-c5ccccc5C6(c5ccccc5)c5ccc6ocnc6c5)cc4)n3)cc2)cc1. The van der Waals surface area contributed by atoms with E-state index in [1.54, 1.807) is 0 Å². The molecule has 58 heavy (non-hydrogen) atoms. The Kier molecular flexibility index (Phi) is 7.97. The summed E-state index contributed by atoms with van der Waals surface area (Å²) in [5, 5.41) is 0. The Balaban J connectivity index is 1.04. The molecule has 0 fully saturated rings. The average molecular weight is 743 g/mol. The second kappa shape index (κ2) is 13.8. The fourth-order valence-corrected chi connectivity index (χ4v) is 8.73. The van der Waals surface area contributed by atoms with Crippen molar-refractivity contribution < 1.29 is 4.42 Å². The molecule has 8 aromatic carbocycles. The molecule has 2 heterocycles. The van der Waals surface area contributed by atoms with Crippen LogP contribution >= 0.6 is 0 Å². The predicted molar refractivity (Wildman–Crippen MR) is 232 cm³/mol. The summed E-state index contributed by atoms with van der Waals surface area (Å²) in [6.45, 7) is 0. The third-order valence-electron chi connectivity index (χ3n) is 11.4. The van der Waals surface area contributed by atoms with Gasteiger partial charge in [-0.15, -0.1) is 0 Å². The molecule has 5 nitrogen and oxygen atoms in total. The van der Waals surface area contributed by atoms with Crippen molar-refractivity contribution in [2.24, 2.45) is 0 Å². The van der Waals surface area contributed by atoms with Gasteiger partial charge in [0.25, 0.3) is 0 Å². The van der Waals surface area contributed by atoms with Crippen molar-refractivity contribution in [2.75, 3.05) is 0 Å². The lowest BCUT2D eigenvalue weighted by atomic mass is 9.67. The van der Waals surface area contributed by atoms with Gasteiger partial charge < -0.3 is 4.42 Å². The minimum absolute atomic E-state index is 0.565. The van der Waals surface area contributed by atoms with E-state index in [0.717, 1.165) is 50.0 Å². The molecule has 1 atom stereocenters. The Labute approximate surface area is 336 Å². The molecular formula is C53H34N4O. The van der Waals surface area contributed by atoms with Gasteiger partial charge >= 0.3 is 0 Å². The van der Waals surface area contributed by atoms with Crippen LogP contribution in [0.25, 0.3) is 78.6 Å². The first-order valence-electron chi connectivity index (χ1n) is 19.4. The lowest BCUT2D eigenvalue weighted by Gasteiger charge is -2.34. The molecule has 0 N–H and O–H groups in total. The largest absolute Gasteiger partial charge is 0.443 e. The molecule has 0 spiro atoms. The molecule has 1 unspecified atom stereocenters. The van der Waals surface area contributed by atoms with E-state index < -0.39 is 5.41 Å². The van der Waals surface area contributed by atoms with Crippen molar-refractivity contribution in [3.63, 3.8) is 0 Å². The minimum atomic E-state index is -0.565. The van der Waals surface area contributed by atoms with Crippen LogP contribution in [-0.2, 0) is 5.41 Å². The Bertz CT molecular complexity index is 3090. The third-order valence-corrected chi connectivity index (χ3v) is 11.4. The smallest absolute Gasteiger partial charge is 0.181 e. The topological polar surface area (TPSA) is 64.7 Å². The molecule has 0 aliphatic heterocycles. The summed E-state index contributed by atoms with van der Waals surface area (Å²) >= 11 is 0. The van der Waals surface area contributed by atoms with Gasteiger partial charge in [0.15, 0.2) is 29.4 Å². The first-order valence-corrected chi connectivity index (χ1v) is 19.4. The molecule has 2 aromatic heterocycles. The van der Waals surface area contributed by atoms with Gasteiger partial charge in [0.1, 0.15) is 5.52 Å². The summed E-state index contributed by atoms with van der Waals surface area (Å²) in [6.07, 6.45) is 1.52. The number of benzene rings is 8. The van der Waals surface area contributed by atoms with Crippen molar-refractivity contribution in [1.29, 1.82) is 0 Å². The summed E-state index contributed by atoms with van der Waals surface area (Å²) in [4.78, 5) is 19.6. The number of oxazole rings is 1. The van der Waals surface area contributed by atoms with Gasteiger partial charge in [0.2, 0.25) is 0 Å². The second-order valence-corrected chi connectivity index (χ2v) is 14.6. The van der Waals surface area contributed by atoms with E-state index >= 15 is 0 Å². The van der Waals surface area contributed by atoms with Gasteiger partial charge in [-0.3, -0.25) is 0 Å². The maximum atomic E-state index is 5.69. The van der Waals surface area contributed by atoms with Crippen molar-refractivity contribution in [3.05, 3.63) is 229 Å². The zero-order chi connectivity index (χ0) is 38.5. The highest BCUT2D eigenvalue weighted by Gasteiger charge is 2.47. The van der Waals surface area contributed by atoms with E-state index in [1.807, 2.05) is 42.5 Å². The molecule has 272 valence electrons. The highest BCUT2D eigenvalue weighted by molar-refractivity contribution is 5.96. The zero-order valence-electron chi connectivity index (χ0n) is 31.3. The zero-order valence-corrected chi connectivity index (χ0v) is 31.3. The summed E-state index contributed by atoms with van der Waals surface area (Å²) in [5.74, 6) is 1.89. The van der Waals surface area contributed by atoms with Gasteiger partial charge in [-0.05, 0) is 67.8 Å². The molecule has 1 aliphatic rings. The number of fused-ring (bicyclic) bond motifs is 4. The van der Waals surface area contributed by atoms with E-state index in [9.17, 15) is 0 Å². The van der Waals surface area contributed by atoms with E-state index in [4.69, 9.17) is 19.4 Å². The number of hydrogen-bond donors (Lipinski definition) is 0. The van der Waals surface area contributed by atoms with Crippen LogP contribution in [0.2, 0.25) is 0 Å². The highest BCUT2D eigenvalue weighted by Crippen LogP contribution is 2.58. The lowest BCUT2D eigenvalue weighted by Crippen LogP contribution is -2.28. The van der Waals surface area contributed by atoms with Crippen LogP contribution in [0.4, 0.5) is 0 Å². The predicted octanol–water partition coefficient (Wildman–Crippen LogP) is 12.7. The number of nitrogens with zero attached hydrogens (tertiary/aromatic N) is 4. The van der Waals surface area contributed by atoms with Crippen molar-refractivity contribution in [3.8, 4) is 67.5 Å². The molecule has 0 amide bonds. The van der Waals surface area contributed by atoms with Crippen LogP contribution < -0.4 is 0 Å². The second-order valence-electron chi connectivity index (χ2n) is 14.6. The summed E-state index contributed by atoms with van der Waals surface area (Å²) < 4.78 is 5.69. The van der Waals surface area contributed by atoms with Gasteiger partial charge in [-0.1, -0.05) is 188 Å². The standard InChI is InChI=1S/C53H34N4O/c1-4-13-35(14-5-1)36-23-27-39(28-24-36)51-55-50(38-15-6-2-7-16-38)56-52(57-51)40-29-25-37(26-30-40)43-20-12-22-46-49(43)44-19-10-11-21-45(44)53(46,41-17-8-3-9-18-41)42-31-32-48-47(33-42)54-34-58-48/h1-34H. The molecule has 0 radical (unpaired) electrons. The average Bonchev–Trinajstić information content (AvgIpc) is 3.91. The van der Waals surface area contributed by atoms with Crippen molar-refractivity contribution in [2.45, 2.75) is 5.41 Å². The van der Waals surface area contributed by atoms with Gasteiger partial charge in [0.05, 0.1) is 5.41 Å². The van der Waals surface area contributed by atoms with E-state index in [-0.39, 0.29) is 0 Å². The van der Waals surface area contributed by atoms with E-state index in [1.165, 1.54) is 39.8 Å². The molecule has 10 aromatic rings. The number of rotatable bonds is 7. The summed E-state index contributed by atoms with van der Waals surface area (Å²) in [5.41, 5.74) is 15.7. The first kappa shape index (κ1) is 33.6. The molecule has 1 aliphatic carbocycles. The Morgan fingerprint density at radius 3 is 1.53 bits per heavy atom. The summed E-state index contributed by atoms with van der Waals surface area (Å²) in [7, 11) is 0. The monoisotopic (exact) mass is 742 g/mol. The van der Waals surface area contributed by atoms with Gasteiger partial charge in [-0.25, -0.2) is 19.9 Å².